The molecule has 8 atom stereocenters. The summed E-state index contributed by atoms with van der Waals surface area (Å²) in [6, 6.07) is 0. The summed E-state index contributed by atoms with van der Waals surface area (Å²) < 4.78 is 11.4. The summed E-state index contributed by atoms with van der Waals surface area (Å²) in [7, 11) is 0. The van der Waals surface area contributed by atoms with E-state index < -0.39 is 37.3 Å². The molecule has 2 aliphatic carbocycles. The summed E-state index contributed by atoms with van der Waals surface area (Å²) >= 11 is 0. The first-order valence-electron chi connectivity index (χ1n) is 8.12. The van der Waals surface area contributed by atoms with E-state index in [1.165, 1.54) is 0 Å². The highest BCUT2D eigenvalue weighted by Crippen LogP contribution is 2.65. The van der Waals surface area contributed by atoms with E-state index in [0.717, 1.165) is 0 Å². The first-order chi connectivity index (χ1) is 10.6. The van der Waals surface area contributed by atoms with E-state index in [1.807, 2.05) is 6.92 Å². The van der Waals surface area contributed by atoms with E-state index >= 15 is 0 Å². The van der Waals surface area contributed by atoms with Crippen molar-refractivity contribution < 1.29 is 34.7 Å². The molecule has 0 radical (unpaired) electrons. The molecule has 0 aromatic rings. The van der Waals surface area contributed by atoms with Gasteiger partial charge in [0.2, 0.25) is 0 Å². The molecule has 2 bridgehead atoms. The Kier molecular flexibility index (Phi) is 4.11. The fraction of sp³-hybridized carbons (Fsp3) is 0.938. The van der Waals surface area contributed by atoms with Crippen molar-refractivity contribution in [2.75, 3.05) is 6.61 Å². The van der Waals surface area contributed by atoms with Crippen LogP contribution in [-0.4, -0.2) is 69.6 Å². The van der Waals surface area contributed by atoms with Crippen LogP contribution in [-0.2, 0) is 14.3 Å². The normalized spacial score (nSPS) is 52.1. The molecule has 3 fully saturated rings. The molecule has 0 amide bonds. The van der Waals surface area contributed by atoms with Crippen LogP contribution < -0.4 is 0 Å². The zero-order valence-electron chi connectivity index (χ0n) is 13.7. The SMILES string of the molecule is CC1(C)[C@H]2C[C@H](O[C@@H]3O[C@H](CO)[C@@H](O)[C@H](O)[C@H]3O)[C@]1(C)CC2=O. The van der Waals surface area contributed by atoms with Gasteiger partial charge in [0.1, 0.15) is 30.2 Å². The van der Waals surface area contributed by atoms with Crippen molar-refractivity contribution in [1.82, 2.24) is 0 Å². The minimum atomic E-state index is -1.45. The average Bonchev–Trinajstić information content (AvgIpc) is 2.78. The van der Waals surface area contributed by atoms with Crippen molar-refractivity contribution in [1.29, 1.82) is 0 Å². The van der Waals surface area contributed by atoms with E-state index in [4.69, 9.17) is 9.47 Å². The Labute approximate surface area is 135 Å². The number of ketones is 1. The fourth-order valence-corrected chi connectivity index (χ4v) is 4.49. The predicted molar refractivity (Wildman–Crippen MR) is 78.3 cm³/mol. The van der Waals surface area contributed by atoms with Gasteiger partial charge in [-0.1, -0.05) is 20.8 Å². The highest BCUT2D eigenvalue weighted by molar-refractivity contribution is 5.87. The summed E-state index contributed by atoms with van der Waals surface area (Å²) in [5.74, 6) is 0.161. The van der Waals surface area contributed by atoms with Gasteiger partial charge in [0, 0.05) is 17.8 Å². The Hall–Kier alpha value is -0.570. The Balaban J connectivity index is 1.77. The van der Waals surface area contributed by atoms with E-state index in [-0.39, 0.29) is 28.6 Å². The fourth-order valence-electron chi connectivity index (χ4n) is 4.49. The van der Waals surface area contributed by atoms with Crippen LogP contribution in [0.3, 0.4) is 0 Å². The molecule has 23 heavy (non-hydrogen) atoms. The Morgan fingerprint density at radius 3 is 2.30 bits per heavy atom. The number of aliphatic hydroxyl groups is 4. The molecule has 2 saturated carbocycles. The second-order valence-corrected chi connectivity index (χ2v) is 7.89. The van der Waals surface area contributed by atoms with E-state index in [2.05, 4.69) is 13.8 Å². The lowest BCUT2D eigenvalue weighted by molar-refractivity contribution is -0.319. The molecular weight excluding hydrogens is 304 g/mol. The third-order valence-electron chi connectivity index (χ3n) is 6.58. The van der Waals surface area contributed by atoms with Gasteiger partial charge >= 0.3 is 0 Å². The van der Waals surface area contributed by atoms with Gasteiger partial charge in [0.15, 0.2) is 6.29 Å². The molecular formula is C16H26O7. The number of Topliss-reactive ketones (excluding diaryl/α,β-unsaturated/α-hetero) is 1. The van der Waals surface area contributed by atoms with Crippen molar-refractivity contribution in [3.8, 4) is 0 Å². The van der Waals surface area contributed by atoms with Gasteiger partial charge in [-0.2, -0.15) is 0 Å². The highest BCUT2D eigenvalue weighted by atomic mass is 16.7. The molecule has 1 aliphatic heterocycles. The van der Waals surface area contributed by atoms with Gasteiger partial charge in [-0.25, -0.2) is 0 Å². The van der Waals surface area contributed by atoms with E-state index in [0.29, 0.717) is 12.8 Å². The maximum absolute atomic E-state index is 12.1. The number of carbonyl (C=O) groups is 1. The minimum Gasteiger partial charge on any atom is -0.394 e. The predicted octanol–water partition coefficient (Wildman–Crippen LogP) is -0.803. The van der Waals surface area contributed by atoms with Crippen molar-refractivity contribution in [2.24, 2.45) is 16.7 Å². The van der Waals surface area contributed by atoms with Crippen molar-refractivity contribution in [3.05, 3.63) is 0 Å². The molecule has 7 heteroatoms. The quantitative estimate of drug-likeness (QED) is 0.535. The van der Waals surface area contributed by atoms with E-state index in [1.54, 1.807) is 0 Å². The highest BCUT2D eigenvalue weighted by Gasteiger charge is 2.66. The smallest absolute Gasteiger partial charge is 0.186 e. The van der Waals surface area contributed by atoms with Gasteiger partial charge in [-0.05, 0) is 11.8 Å². The molecule has 4 N–H and O–H groups in total. The number of carbonyl (C=O) groups excluding carboxylic acids is 1. The van der Waals surface area contributed by atoms with Crippen LogP contribution >= 0.6 is 0 Å². The molecule has 1 saturated heterocycles. The first kappa shape index (κ1) is 17.3. The molecule has 0 spiro atoms. The monoisotopic (exact) mass is 330 g/mol. The van der Waals surface area contributed by atoms with Crippen molar-refractivity contribution in [3.63, 3.8) is 0 Å². The van der Waals surface area contributed by atoms with Gasteiger partial charge in [0.25, 0.3) is 0 Å². The Bertz CT molecular complexity index is 491. The zero-order valence-corrected chi connectivity index (χ0v) is 13.7. The van der Waals surface area contributed by atoms with Crippen LogP contribution in [0.2, 0.25) is 0 Å². The molecule has 0 unspecified atom stereocenters. The van der Waals surface area contributed by atoms with E-state index in [9.17, 15) is 25.2 Å². The number of fused-ring (bicyclic) bond motifs is 2. The third kappa shape index (κ3) is 2.29. The summed E-state index contributed by atoms with van der Waals surface area (Å²) in [5.41, 5.74) is -0.573. The molecule has 3 aliphatic rings. The van der Waals surface area contributed by atoms with Gasteiger partial charge in [-0.3, -0.25) is 4.79 Å². The number of aliphatic hydroxyl groups excluding tert-OH is 4. The van der Waals surface area contributed by atoms with Crippen LogP contribution in [0.25, 0.3) is 0 Å². The summed E-state index contributed by atoms with van der Waals surface area (Å²) in [5, 5.41) is 39.0. The first-order valence-corrected chi connectivity index (χ1v) is 8.12. The number of ether oxygens (including phenoxy) is 2. The van der Waals surface area contributed by atoms with Crippen molar-refractivity contribution >= 4 is 5.78 Å². The summed E-state index contributed by atoms with van der Waals surface area (Å²) in [6.07, 6.45) is -5.70. The molecule has 0 aromatic heterocycles. The van der Waals surface area contributed by atoms with Crippen LogP contribution in [0.1, 0.15) is 33.6 Å². The van der Waals surface area contributed by atoms with Gasteiger partial charge in [0.05, 0.1) is 12.7 Å². The summed E-state index contributed by atoms with van der Waals surface area (Å²) in [4.78, 5) is 12.1. The topological polar surface area (TPSA) is 116 Å². The van der Waals surface area contributed by atoms with Gasteiger partial charge in [-0.15, -0.1) is 0 Å². The standard InChI is InChI=1S/C16H26O7/c1-15(2)7-4-10(16(15,3)5-8(7)18)23-14-13(21)12(20)11(19)9(6-17)22-14/h7,9-14,17,19-21H,4-6H2,1-3H3/t7-,9+,10-,11+,12-,13+,14-,16-/m0/s1. The lowest BCUT2D eigenvalue weighted by atomic mass is 9.70. The minimum absolute atomic E-state index is 0.0811. The molecule has 1 heterocycles. The Morgan fingerprint density at radius 2 is 1.83 bits per heavy atom. The van der Waals surface area contributed by atoms with Gasteiger partial charge < -0.3 is 29.9 Å². The number of hydrogen-bond donors (Lipinski definition) is 4. The molecule has 3 rings (SSSR count). The maximum atomic E-state index is 12.1. The molecule has 0 aromatic carbocycles. The summed E-state index contributed by atoms with van der Waals surface area (Å²) in [6.45, 7) is 5.63. The number of hydrogen-bond acceptors (Lipinski definition) is 7. The molecule has 7 nitrogen and oxygen atoms in total. The lowest BCUT2D eigenvalue weighted by Crippen LogP contribution is -2.60. The van der Waals surface area contributed by atoms with Crippen LogP contribution in [0.5, 0.6) is 0 Å². The second kappa shape index (κ2) is 5.47. The lowest BCUT2D eigenvalue weighted by Gasteiger charge is -2.44. The van der Waals surface area contributed by atoms with Crippen LogP contribution in [0.4, 0.5) is 0 Å². The number of rotatable bonds is 3. The van der Waals surface area contributed by atoms with Crippen LogP contribution in [0.15, 0.2) is 0 Å². The average molecular weight is 330 g/mol. The Morgan fingerprint density at radius 1 is 1.17 bits per heavy atom. The molecule has 132 valence electrons. The third-order valence-corrected chi connectivity index (χ3v) is 6.58. The largest absolute Gasteiger partial charge is 0.394 e. The van der Waals surface area contributed by atoms with Crippen LogP contribution in [0, 0.1) is 16.7 Å². The zero-order chi connectivity index (χ0) is 17.2. The maximum Gasteiger partial charge on any atom is 0.186 e. The second-order valence-electron chi connectivity index (χ2n) is 7.89. The van der Waals surface area contributed by atoms with Crippen molar-refractivity contribution in [2.45, 2.75) is 70.4 Å².